The molecule has 0 heterocycles. The fraction of sp³-hybridized carbons (Fsp3) is 0.231. The summed E-state index contributed by atoms with van der Waals surface area (Å²) in [6.45, 7) is 5.52. The molecule has 180 valence electrons. The van der Waals surface area contributed by atoms with E-state index in [1.165, 1.54) is 8.00 Å². The fourth-order valence-electron chi connectivity index (χ4n) is 2.04. The number of rotatable bonds is 3. The molecule has 3 aromatic rings. The fourth-order valence-corrected chi connectivity index (χ4v) is 2.04. The first-order valence-corrected chi connectivity index (χ1v) is 16.7. The molecule has 0 fully saturated rings. The molecule has 0 aliphatic carbocycles. The van der Waals surface area contributed by atoms with Crippen LogP contribution in [0.5, 0.6) is 0 Å². The molecule has 0 spiro atoms. The highest BCUT2D eigenvalue weighted by Crippen LogP contribution is 2.16. The van der Waals surface area contributed by atoms with Crippen molar-refractivity contribution in [1.82, 2.24) is 0 Å². The minimum absolute atomic E-state index is 0.121. The molecule has 7 heteroatoms. The molecule has 0 unspecified atom stereocenters. The van der Waals surface area contributed by atoms with E-state index in [9.17, 15) is 9.59 Å². The molecule has 0 amide bonds. The highest BCUT2D eigenvalue weighted by molar-refractivity contribution is 14.3. The number of carbonyl (C=O) groups is 2. The number of Topliss-reactive ketones (excluding diaryl/α,β-unsaturated/α-hetero) is 2. The van der Waals surface area contributed by atoms with Crippen LogP contribution in [-0.4, -0.2) is 13.9 Å². The highest BCUT2D eigenvalue weighted by Gasteiger charge is 1.98. The molecule has 33 heavy (non-hydrogen) atoms. The Bertz CT molecular complexity index is 840. The third-order valence-corrected chi connectivity index (χ3v) is 3.54. The third kappa shape index (κ3) is 25.5. The summed E-state index contributed by atoms with van der Waals surface area (Å²) >= 11 is 11.5. The lowest BCUT2D eigenvalue weighted by Crippen LogP contribution is -1.94. The van der Waals surface area contributed by atoms with Crippen LogP contribution >= 0.6 is 113 Å². The Morgan fingerprint density at radius 1 is 0.697 bits per heavy atom. The zero-order chi connectivity index (χ0) is 25.5. The molecular weight excluding hydrogens is 979 g/mol. The van der Waals surface area contributed by atoms with Gasteiger partial charge in [0, 0.05) is 17.5 Å². The summed E-state index contributed by atoms with van der Waals surface area (Å²) < 4.78 is 1.93. The number of benzene rings is 3. The summed E-state index contributed by atoms with van der Waals surface area (Å²) in [4.78, 5) is 21.7. The van der Waals surface area contributed by atoms with E-state index in [2.05, 4.69) is 132 Å². The van der Waals surface area contributed by atoms with Gasteiger partial charge in [0.2, 0.25) is 0 Å². The van der Waals surface area contributed by atoms with Crippen LogP contribution in [0.2, 0.25) is 0 Å². The molecule has 0 aliphatic heterocycles. The quantitative estimate of drug-likeness (QED) is 0.149. The van der Waals surface area contributed by atoms with Crippen LogP contribution in [0.4, 0.5) is 0 Å². The van der Waals surface area contributed by atoms with Crippen molar-refractivity contribution in [3.8, 4) is 0 Å². The van der Waals surface area contributed by atoms with Gasteiger partial charge in [0.1, 0.15) is -0.0619 Å². The molecule has 0 radical (unpaired) electrons. The Morgan fingerprint density at radius 3 is 1.21 bits per heavy atom. The zero-order valence-corrected chi connectivity index (χ0v) is 29.6. The van der Waals surface area contributed by atoms with E-state index in [-0.39, 0.29) is 11.6 Å². The normalized spacial score (nSPS) is 8.76. The number of halogens is 5. The topological polar surface area (TPSA) is 34.1 Å². The number of hydrogen-bond donors (Lipinski definition) is 0. The van der Waals surface area contributed by atoms with E-state index in [1.54, 1.807) is 6.92 Å². The van der Waals surface area contributed by atoms with Crippen molar-refractivity contribution in [2.45, 2.75) is 27.1 Å². The van der Waals surface area contributed by atoms with Gasteiger partial charge in [-0.1, -0.05) is 216 Å². The number of carbonyl (C=O) groups excluding carboxylic acids is 2. The molecule has 0 saturated heterocycles. The maximum Gasteiger partial charge on any atom is 0.162 e. The lowest BCUT2D eigenvalue weighted by atomic mass is 10.1. The van der Waals surface area contributed by atoms with Gasteiger partial charge in [-0.2, -0.15) is 0 Å². The van der Waals surface area contributed by atoms with Crippen molar-refractivity contribution >= 4 is 125 Å². The highest BCUT2D eigenvalue weighted by atomic mass is 127. The summed E-state index contributed by atoms with van der Waals surface area (Å²) in [5.74, 6) is 0.330. The van der Waals surface area contributed by atoms with Crippen molar-refractivity contribution in [2.24, 2.45) is 0 Å². The molecule has 0 aromatic heterocycles. The maximum absolute atomic E-state index is 11.0. The van der Waals surface area contributed by atoms with Crippen LogP contribution < -0.4 is 0 Å². The van der Waals surface area contributed by atoms with Crippen LogP contribution in [0.25, 0.3) is 0 Å². The van der Waals surface area contributed by atoms with Crippen molar-refractivity contribution in [2.75, 3.05) is 2.43 Å². The maximum atomic E-state index is 11.0. The SMILES string of the molecule is CC(=O)c1ccccc1.CCC(=O)c1ccccc1.Cc1ccccc1.IC(I)I.ICI. The molecule has 0 saturated carbocycles. The van der Waals surface area contributed by atoms with Crippen LogP contribution in [-0.2, 0) is 0 Å². The number of hydrogen-bond acceptors (Lipinski definition) is 2. The minimum Gasteiger partial charge on any atom is -0.295 e. The minimum atomic E-state index is 0.121. The standard InChI is InChI=1S/C9H10O.C8H8O.C7H8.CHI3.CH2I2/c1-2-9(10)8-6-4-3-5-7-8;1-7(9)8-5-3-2-4-6-8;1-7-5-3-2-4-6-7;2-1(3)4;2-1-3/h3-7H,2H2,1H3;2-6H,1H3;2-6H,1H3;1H;1H2. The number of alkyl halides is 5. The molecule has 2 nitrogen and oxygen atoms in total. The molecule has 3 aromatic carbocycles. The van der Waals surface area contributed by atoms with Crippen LogP contribution in [0, 0.1) is 6.92 Å². The molecule has 0 atom stereocenters. The number of aryl methyl sites for hydroxylation is 1. The van der Waals surface area contributed by atoms with Crippen molar-refractivity contribution < 1.29 is 9.59 Å². The van der Waals surface area contributed by atoms with Gasteiger partial charge in [0.15, 0.2) is 11.6 Å². The summed E-state index contributed by atoms with van der Waals surface area (Å²) in [5.41, 5.74) is 2.91. The van der Waals surface area contributed by atoms with Gasteiger partial charge in [0.05, 0.1) is 2.43 Å². The third-order valence-electron chi connectivity index (χ3n) is 3.54. The Hall–Kier alpha value is 0.650. The van der Waals surface area contributed by atoms with E-state index in [4.69, 9.17) is 0 Å². The van der Waals surface area contributed by atoms with Gasteiger partial charge in [-0.15, -0.1) is 0 Å². The number of ketones is 2. The van der Waals surface area contributed by atoms with Gasteiger partial charge in [-0.05, 0) is 13.8 Å². The molecule has 0 aliphatic rings. The largest absolute Gasteiger partial charge is 0.295 e. The lowest BCUT2D eigenvalue weighted by Gasteiger charge is -1.93. The van der Waals surface area contributed by atoms with E-state index < -0.39 is 0 Å². The second-order valence-corrected chi connectivity index (χ2v) is 21.4. The van der Waals surface area contributed by atoms with Crippen molar-refractivity contribution in [3.63, 3.8) is 0 Å². The van der Waals surface area contributed by atoms with Gasteiger partial charge >= 0.3 is 0 Å². The average Bonchev–Trinajstić information content (AvgIpc) is 2.81. The second kappa shape index (κ2) is 25.7. The average molecular weight is 1010 g/mol. The van der Waals surface area contributed by atoms with Gasteiger partial charge in [0.25, 0.3) is 0 Å². The summed E-state index contributed by atoms with van der Waals surface area (Å²) in [6, 6.07) is 28.8. The second-order valence-electron chi connectivity index (χ2n) is 6.07. The van der Waals surface area contributed by atoms with Gasteiger partial charge < -0.3 is 0 Å². The Morgan fingerprint density at radius 2 is 1.00 bits per heavy atom. The van der Waals surface area contributed by atoms with Crippen LogP contribution in [0.3, 0.4) is 0 Å². The molecule has 3 rings (SSSR count). The lowest BCUT2D eigenvalue weighted by molar-refractivity contribution is 0.0985. The summed E-state index contributed by atoms with van der Waals surface area (Å²) in [6.07, 6.45) is 0.587. The van der Waals surface area contributed by atoms with E-state index in [0.29, 0.717) is 6.42 Å². The first kappa shape index (κ1) is 35.8. The van der Waals surface area contributed by atoms with E-state index >= 15 is 0 Å². The molecule has 0 bridgehead atoms. The monoisotopic (exact) mass is 1010 g/mol. The van der Waals surface area contributed by atoms with E-state index in [0.717, 1.165) is 11.1 Å². The summed E-state index contributed by atoms with van der Waals surface area (Å²) in [7, 11) is 0. The predicted molar refractivity (Wildman–Crippen MR) is 187 cm³/mol. The Balaban J connectivity index is 0. The van der Waals surface area contributed by atoms with Crippen LogP contribution in [0.1, 0.15) is 46.5 Å². The Kier molecular flexibility index (Phi) is 27.9. The van der Waals surface area contributed by atoms with Gasteiger partial charge in [-0.3, -0.25) is 9.59 Å². The molecule has 0 N–H and O–H groups in total. The zero-order valence-electron chi connectivity index (χ0n) is 18.9. The van der Waals surface area contributed by atoms with Crippen molar-refractivity contribution in [1.29, 1.82) is 0 Å². The molecular formula is C26H29I5O2. The van der Waals surface area contributed by atoms with Gasteiger partial charge in [-0.25, -0.2) is 0 Å². The first-order chi connectivity index (χ1) is 15.7. The first-order valence-electron chi connectivity index (χ1n) is 9.89. The Labute approximate surface area is 267 Å². The summed E-state index contributed by atoms with van der Waals surface area (Å²) in [5, 5.41) is 0. The van der Waals surface area contributed by atoms with Crippen LogP contribution in [0.15, 0.2) is 91.0 Å². The predicted octanol–water partition coefficient (Wildman–Crippen LogP) is 10.6. The van der Waals surface area contributed by atoms with Crippen molar-refractivity contribution in [3.05, 3.63) is 108 Å². The smallest absolute Gasteiger partial charge is 0.162 e. The van der Waals surface area contributed by atoms with E-state index in [1.807, 2.05) is 85.8 Å².